The van der Waals surface area contributed by atoms with Gasteiger partial charge in [0.2, 0.25) is 0 Å². The summed E-state index contributed by atoms with van der Waals surface area (Å²) >= 11 is 7.30. The Hall–Kier alpha value is -0.670. The fourth-order valence-electron chi connectivity index (χ4n) is 2.12. The number of benzene rings is 1. The van der Waals surface area contributed by atoms with E-state index in [9.17, 15) is 4.39 Å². The fraction of sp³-hybridized carbons (Fsp3) is 0.364. The lowest BCUT2D eigenvalue weighted by Crippen LogP contribution is -2.43. The van der Waals surface area contributed by atoms with E-state index in [0.717, 1.165) is 24.1 Å². The maximum Gasteiger partial charge on any atom is 0.197 e. The highest BCUT2D eigenvalue weighted by molar-refractivity contribution is 14.1. The van der Waals surface area contributed by atoms with Crippen LogP contribution >= 0.6 is 34.8 Å². The van der Waals surface area contributed by atoms with Gasteiger partial charge >= 0.3 is 0 Å². The van der Waals surface area contributed by atoms with Crippen molar-refractivity contribution in [2.45, 2.75) is 0 Å². The third-order valence-electron chi connectivity index (χ3n) is 2.97. The van der Waals surface area contributed by atoms with E-state index in [1.807, 2.05) is 27.3 Å². The van der Waals surface area contributed by atoms with Gasteiger partial charge in [-0.05, 0) is 40.9 Å². The molecule has 0 bridgehead atoms. The number of halogens is 2. The van der Waals surface area contributed by atoms with E-state index in [0.29, 0.717) is 21.6 Å². The van der Waals surface area contributed by atoms with Crippen molar-refractivity contribution in [3.05, 3.63) is 26.3 Å². The summed E-state index contributed by atoms with van der Waals surface area (Å²) < 4.78 is 22.1. The molecule has 2 heterocycles. The molecule has 1 aliphatic heterocycles. The zero-order valence-electron chi connectivity index (χ0n) is 9.45. The number of hydrogen-bond donors (Lipinski definition) is 1. The number of rotatable bonds is 1. The van der Waals surface area contributed by atoms with Crippen molar-refractivity contribution in [2.75, 3.05) is 31.3 Å². The van der Waals surface area contributed by atoms with E-state index in [1.54, 1.807) is 6.07 Å². The molecule has 7 heteroatoms. The zero-order chi connectivity index (χ0) is 12.7. The Kier molecular flexibility index (Phi) is 3.29. The standard InChI is InChI=1S/C11H11FIN3OS/c12-7-5-10-9(6-8(7)13)14-11(18)16(10)15-1-3-17-4-2-15/h5-6H,1-4H2,(H,14,18). The van der Waals surface area contributed by atoms with Crippen LogP contribution in [0, 0.1) is 14.2 Å². The maximum absolute atomic E-state index is 13.7. The van der Waals surface area contributed by atoms with Crippen molar-refractivity contribution in [1.82, 2.24) is 9.66 Å². The van der Waals surface area contributed by atoms with Crippen molar-refractivity contribution in [2.24, 2.45) is 0 Å². The monoisotopic (exact) mass is 379 g/mol. The van der Waals surface area contributed by atoms with Crippen LogP contribution in [0.2, 0.25) is 0 Å². The van der Waals surface area contributed by atoms with Crippen LogP contribution < -0.4 is 5.01 Å². The number of imidazole rings is 1. The minimum Gasteiger partial charge on any atom is -0.378 e. The SMILES string of the molecule is Fc1cc2c(cc1I)[nH]c(=S)n2N1CCOCC1. The lowest BCUT2D eigenvalue weighted by Gasteiger charge is -2.29. The average Bonchev–Trinajstić information content (AvgIpc) is 2.66. The molecule has 0 amide bonds. The lowest BCUT2D eigenvalue weighted by molar-refractivity contribution is 0.111. The summed E-state index contributed by atoms with van der Waals surface area (Å²) in [5.41, 5.74) is 1.64. The Labute approximate surface area is 122 Å². The predicted octanol–water partition coefficient (Wildman–Crippen LogP) is 2.41. The number of aromatic nitrogens is 2. The molecule has 1 aromatic heterocycles. The Morgan fingerprint density at radius 3 is 2.78 bits per heavy atom. The Morgan fingerprint density at radius 1 is 1.33 bits per heavy atom. The van der Waals surface area contributed by atoms with Gasteiger partial charge in [0.1, 0.15) is 5.82 Å². The van der Waals surface area contributed by atoms with E-state index >= 15 is 0 Å². The fourth-order valence-corrected chi connectivity index (χ4v) is 2.91. The molecular formula is C11H11FIN3OS. The molecule has 0 aliphatic carbocycles. The molecule has 0 unspecified atom stereocenters. The zero-order valence-corrected chi connectivity index (χ0v) is 12.4. The van der Waals surface area contributed by atoms with Crippen LogP contribution in [0.5, 0.6) is 0 Å². The predicted molar refractivity (Wildman–Crippen MR) is 78.6 cm³/mol. The summed E-state index contributed by atoms with van der Waals surface area (Å²) in [6.07, 6.45) is 0. The van der Waals surface area contributed by atoms with Gasteiger partial charge in [-0.2, -0.15) is 0 Å². The van der Waals surface area contributed by atoms with Gasteiger partial charge in [-0.3, -0.25) is 0 Å². The molecule has 1 aromatic carbocycles. The van der Waals surface area contributed by atoms with Crippen LogP contribution in [-0.2, 0) is 4.74 Å². The number of H-pyrrole nitrogens is 1. The van der Waals surface area contributed by atoms with Crippen LogP contribution in [0.1, 0.15) is 0 Å². The highest BCUT2D eigenvalue weighted by Gasteiger charge is 2.16. The topological polar surface area (TPSA) is 33.2 Å². The molecule has 0 radical (unpaired) electrons. The van der Waals surface area contributed by atoms with Gasteiger partial charge in [-0.25, -0.2) is 9.07 Å². The minimum absolute atomic E-state index is 0.223. The molecule has 3 rings (SSSR count). The van der Waals surface area contributed by atoms with Gasteiger partial charge in [-0.1, -0.05) is 0 Å². The Bertz CT molecular complexity index is 648. The molecule has 0 atom stereocenters. The third kappa shape index (κ3) is 2.04. The van der Waals surface area contributed by atoms with Crippen molar-refractivity contribution < 1.29 is 9.13 Å². The van der Waals surface area contributed by atoms with Gasteiger partial charge in [0, 0.05) is 6.07 Å². The van der Waals surface area contributed by atoms with E-state index in [4.69, 9.17) is 17.0 Å². The number of morpholine rings is 1. The smallest absolute Gasteiger partial charge is 0.197 e. The molecule has 2 aromatic rings. The molecule has 1 fully saturated rings. The number of ether oxygens (including phenoxy) is 1. The second-order valence-corrected chi connectivity index (χ2v) is 5.64. The van der Waals surface area contributed by atoms with Crippen molar-refractivity contribution in [1.29, 1.82) is 0 Å². The van der Waals surface area contributed by atoms with Crippen LogP contribution in [0.4, 0.5) is 4.39 Å². The van der Waals surface area contributed by atoms with Gasteiger partial charge in [-0.15, -0.1) is 0 Å². The highest BCUT2D eigenvalue weighted by atomic mass is 127. The van der Waals surface area contributed by atoms with Gasteiger partial charge < -0.3 is 14.7 Å². The summed E-state index contributed by atoms with van der Waals surface area (Å²) in [6.45, 7) is 2.85. The molecule has 0 saturated carbocycles. The molecule has 1 saturated heterocycles. The molecule has 4 nitrogen and oxygen atoms in total. The first-order valence-corrected chi connectivity index (χ1v) is 7.08. The second kappa shape index (κ2) is 4.78. The van der Waals surface area contributed by atoms with Crippen LogP contribution in [0.15, 0.2) is 12.1 Å². The number of nitrogens with zero attached hydrogens (tertiary/aromatic N) is 2. The van der Waals surface area contributed by atoms with Crippen LogP contribution in [0.3, 0.4) is 0 Å². The first kappa shape index (κ1) is 12.4. The quantitative estimate of drug-likeness (QED) is 0.611. The number of fused-ring (bicyclic) bond motifs is 1. The van der Waals surface area contributed by atoms with Crippen molar-refractivity contribution >= 4 is 45.8 Å². The van der Waals surface area contributed by atoms with E-state index in [2.05, 4.69) is 9.99 Å². The second-order valence-electron chi connectivity index (χ2n) is 4.09. The lowest BCUT2D eigenvalue weighted by atomic mass is 10.3. The Balaban J connectivity index is 2.18. The van der Waals surface area contributed by atoms with E-state index in [1.165, 1.54) is 6.07 Å². The van der Waals surface area contributed by atoms with Crippen LogP contribution in [0.25, 0.3) is 11.0 Å². The normalized spacial score (nSPS) is 16.4. The third-order valence-corrected chi connectivity index (χ3v) is 4.07. The van der Waals surface area contributed by atoms with Crippen LogP contribution in [-0.4, -0.2) is 36.0 Å². The summed E-state index contributed by atoms with van der Waals surface area (Å²) in [4.78, 5) is 3.12. The molecule has 96 valence electrons. The summed E-state index contributed by atoms with van der Waals surface area (Å²) in [7, 11) is 0. The first-order valence-electron chi connectivity index (χ1n) is 5.59. The van der Waals surface area contributed by atoms with Gasteiger partial charge in [0.15, 0.2) is 4.77 Å². The molecule has 1 aliphatic rings. The maximum atomic E-state index is 13.7. The van der Waals surface area contributed by atoms with Crippen molar-refractivity contribution in [3.8, 4) is 0 Å². The van der Waals surface area contributed by atoms with Gasteiger partial charge in [0.05, 0.1) is 40.9 Å². The highest BCUT2D eigenvalue weighted by Crippen LogP contribution is 2.21. The summed E-state index contributed by atoms with van der Waals surface area (Å²) in [5.74, 6) is -0.223. The number of aromatic amines is 1. The number of hydrogen-bond acceptors (Lipinski definition) is 3. The van der Waals surface area contributed by atoms with E-state index < -0.39 is 0 Å². The molecule has 18 heavy (non-hydrogen) atoms. The average molecular weight is 379 g/mol. The van der Waals surface area contributed by atoms with E-state index in [-0.39, 0.29) is 5.82 Å². The molecule has 1 N–H and O–H groups in total. The summed E-state index contributed by atoms with van der Waals surface area (Å²) in [6, 6.07) is 3.30. The number of nitrogens with one attached hydrogen (secondary N) is 1. The minimum atomic E-state index is -0.223. The molecular weight excluding hydrogens is 368 g/mol. The van der Waals surface area contributed by atoms with Crippen molar-refractivity contribution in [3.63, 3.8) is 0 Å². The first-order chi connectivity index (χ1) is 8.66. The molecule has 0 spiro atoms. The Morgan fingerprint density at radius 2 is 2.06 bits per heavy atom. The largest absolute Gasteiger partial charge is 0.378 e. The summed E-state index contributed by atoms with van der Waals surface area (Å²) in [5, 5.41) is 2.08. The van der Waals surface area contributed by atoms with Gasteiger partial charge in [0.25, 0.3) is 0 Å².